The van der Waals surface area contributed by atoms with E-state index in [2.05, 4.69) is 11.8 Å². The number of hydrogen-bond acceptors (Lipinski definition) is 2. The first kappa shape index (κ1) is 12.0. The van der Waals surface area contributed by atoms with Crippen molar-refractivity contribution in [3.05, 3.63) is 0 Å². The average molecular weight is 222 g/mol. The third-order valence-corrected chi connectivity index (χ3v) is 3.89. The molecule has 0 aliphatic heterocycles. The Hall–Kier alpha value is -0.520. The normalized spacial score (nSPS) is 27.9. The average Bonchev–Trinajstić information content (AvgIpc) is 2.29. The Labute approximate surface area is 98.1 Å². The highest BCUT2D eigenvalue weighted by Gasteiger charge is 2.30. The largest absolute Gasteiger partial charge is 0.378 e. The number of aliphatic hydroxyl groups is 2. The van der Waals surface area contributed by atoms with Gasteiger partial charge in [0.1, 0.15) is 11.2 Å². The summed E-state index contributed by atoms with van der Waals surface area (Å²) in [6.07, 6.45) is 9.74. The Kier molecular flexibility index (Phi) is 3.56. The van der Waals surface area contributed by atoms with Crippen molar-refractivity contribution in [1.29, 1.82) is 0 Å². The molecule has 0 aromatic carbocycles. The van der Waals surface area contributed by atoms with Crippen LogP contribution in [0.3, 0.4) is 0 Å². The second-order valence-electron chi connectivity index (χ2n) is 5.43. The van der Waals surface area contributed by atoms with E-state index in [1.165, 1.54) is 12.8 Å². The Balaban J connectivity index is 2.01. The highest BCUT2D eigenvalue weighted by atomic mass is 16.3. The molecule has 2 nitrogen and oxygen atoms in total. The Morgan fingerprint density at radius 2 is 0.875 bits per heavy atom. The molecular formula is C14H22O2. The van der Waals surface area contributed by atoms with Gasteiger partial charge in [-0.3, -0.25) is 0 Å². The standard InChI is InChI=1S/C14H22O2/c15-13(7-3-1-4-8-13)11-12-14(16)9-5-2-6-10-14/h15-16H,1-10H2. The smallest absolute Gasteiger partial charge is 0.125 e. The summed E-state index contributed by atoms with van der Waals surface area (Å²) >= 11 is 0. The molecular weight excluding hydrogens is 200 g/mol. The molecule has 2 heteroatoms. The van der Waals surface area contributed by atoms with E-state index in [0.717, 1.165) is 51.4 Å². The summed E-state index contributed by atoms with van der Waals surface area (Å²) in [6, 6.07) is 0. The van der Waals surface area contributed by atoms with Crippen molar-refractivity contribution < 1.29 is 10.2 Å². The molecule has 2 rings (SSSR count). The van der Waals surface area contributed by atoms with E-state index in [1.54, 1.807) is 0 Å². The molecule has 2 N–H and O–H groups in total. The lowest BCUT2D eigenvalue weighted by atomic mass is 9.82. The molecule has 0 atom stereocenters. The summed E-state index contributed by atoms with van der Waals surface area (Å²) in [5.41, 5.74) is -1.63. The molecule has 2 aliphatic carbocycles. The van der Waals surface area contributed by atoms with Gasteiger partial charge >= 0.3 is 0 Å². The van der Waals surface area contributed by atoms with Crippen molar-refractivity contribution in [3.8, 4) is 11.8 Å². The van der Waals surface area contributed by atoms with Crippen LogP contribution in [0, 0.1) is 11.8 Å². The van der Waals surface area contributed by atoms with Crippen LogP contribution in [0.1, 0.15) is 64.2 Å². The fraction of sp³-hybridized carbons (Fsp3) is 0.857. The van der Waals surface area contributed by atoms with Crippen molar-refractivity contribution in [2.75, 3.05) is 0 Å². The van der Waals surface area contributed by atoms with Crippen LogP contribution in [0.15, 0.2) is 0 Å². The van der Waals surface area contributed by atoms with Gasteiger partial charge in [-0.05, 0) is 51.4 Å². The summed E-state index contributed by atoms with van der Waals surface area (Å²) in [5.74, 6) is 5.93. The van der Waals surface area contributed by atoms with E-state index in [0.29, 0.717) is 0 Å². The zero-order valence-electron chi connectivity index (χ0n) is 9.97. The van der Waals surface area contributed by atoms with Crippen LogP contribution < -0.4 is 0 Å². The predicted octanol–water partition coefficient (Wildman–Crippen LogP) is 2.38. The lowest BCUT2D eigenvalue weighted by Crippen LogP contribution is -2.33. The first-order valence-corrected chi connectivity index (χ1v) is 6.61. The molecule has 90 valence electrons. The molecule has 0 spiro atoms. The van der Waals surface area contributed by atoms with Crippen LogP contribution in [0.5, 0.6) is 0 Å². The Morgan fingerprint density at radius 1 is 0.562 bits per heavy atom. The quantitative estimate of drug-likeness (QED) is 0.618. The highest BCUT2D eigenvalue weighted by molar-refractivity contribution is 5.22. The molecule has 0 saturated heterocycles. The zero-order chi connectivity index (χ0) is 11.5. The lowest BCUT2D eigenvalue weighted by molar-refractivity contribution is 0.0498. The van der Waals surface area contributed by atoms with Crippen LogP contribution >= 0.6 is 0 Å². The van der Waals surface area contributed by atoms with Gasteiger partial charge in [0.2, 0.25) is 0 Å². The highest BCUT2D eigenvalue weighted by Crippen LogP contribution is 2.30. The summed E-state index contributed by atoms with van der Waals surface area (Å²) in [6.45, 7) is 0. The maximum atomic E-state index is 10.2. The van der Waals surface area contributed by atoms with Crippen molar-refractivity contribution in [2.45, 2.75) is 75.4 Å². The van der Waals surface area contributed by atoms with Gasteiger partial charge in [-0.1, -0.05) is 24.7 Å². The van der Waals surface area contributed by atoms with Crippen LogP contribution in [0.4, 0.5) is 0 Å². The fourth-order valence-corrected chi connectivity index (χ4v) is 2.76. The van der Waals surface area contributed by atoms with Crippen LogP contribution in [-0.4, -0.2) is 21.4 Å². The SMILES string of the molecule is OC1(C#CC2(O)CCCCC2)CCCCC1. The van der Waals surface area contributed by atoms with Crippen molar-refractivity contribution in [1.82, 2.24) is 0 Å². The molecule has 2 saturated carbocycles. The monoisotopic (exact) mass is 222 g/mol. The second-order valence-corrected chi connectivity index (χ2v) is 5.43. The van der Waals surface area contributed by atoms with Crippen LogP contribution in [0.2, 0.25) is 0 Å². The van der Waals surface area contributed by atoms with E-state index >= 15 is 0 Å². The van der Waals surface area contributed by atoms with Crippen molar-refractivity contribution in [2.24, 2.45) is 0 Å². The van der Waals surface area contributed by atoms with E-state index in [-0.39, 0.29) is 0 Å². The maximum Gasteiger partial charge on any atom is 0.125 e. The summed E-state index contributed by atoms with van der Waals surface area (Å²) in [7, 11) is 0. The molecule has 0 unspecified atom stereocenters. The Bertz CT molecular complexity index is 258. The third-order valence-electron chi connectivity index (χ3n) is 3.89. The molecule has 0 radical (unpaired) electrons. The maximum absolute atomic E-state index is 10.2. The third kappa shape index (κ3) is 2.99. The first-order valence-electron chi connectivity index (χ1n) is 6.61. The molecule has 0 bridgehead atoms. The number of hydrogen-bond donors (Lipinski definition) is 2. The van der Waals surface area contributed by atoms with Crippen molar-refractivity contribution >= 4 is 0 Å². The number of rotatable bonds is 0. The molecule has 2 fully saturated rings. The van der Waals surface area contributed by atoms with E-state index in [9.17, 15) is 10.2 Å². The predicted molar refractivity (Wildman–Crippen MR) is 63.8 cm³/mol. The van der Waals surface area contributed by atoms with Gasteiger partial charge in [0, 0.05) is 0 Å². The van der Waals surface area contributed by atoms with Gasteiger partial charge in [-0.2, -0.15) is 0 Å². The fourth-order valence-electron chi connectivity index (χ4n) is 2.76. The van der Waals surface area contributed by atoms with Gasteiger partial charge in [-0.15, -0.1) is 0 Å². The second kappa shape index (κ2) is 4.77. The summed E-state index contributed by atoms with van der Waals surface area (Å²) in [4.78, 5) is 0. The van der Waals surface area contributed by atoms with E-state index < -0.39 is 11.2 Å². The molecule has 0 amide bonds. The van der Waals surface area contributed by atoms with E-state index in [4.69, 9.17) is 0 Å². The minimum absolute atomic E-state index is 0.774. The summed E-state index contributed by atoms with van der Waals surface area (Å²) in [5, 5.41) is 20.5. The van der Waals surface area contributed by atoms with Gasteiger partial charge in [0.15, 0.2) is 0 Å². The minimum atomic E-state index is -0.814. The molecule has 0 heterocycles. The molecule has 0 aromatic heterocycles. The summed E-state index contributed by atoms with van der Waals surface area (Å²) < 4.78 is 0. The van der Waals surface area contributed by atoms with E-state index in [1.807, 2.05) is 0 Å². The topological polar surface area (TPSA) is 40.5 Å². The Morgan fingerprint density at radius 3 is 1.19 bits per heavy atom. The lowest BCUT2D eigenvalue weighted by Gasteiger charge is -2.29. The zero-order valence-corrected chi connectivity index (χ0v) is 9.97. The van der Waals surface area contributed by atoms with Gasteiger partial charge in [-0.25, -0.2) is 0 Å². The van der Waals surface area contributed by atoms with Gasteiger partial charge in [0.05, 0.1) is 0 Å². The molecule has 0 aromatic rings. The first-order chi connectivity index (χ1) is 7.62. The van der Waals surface area contributed by atoms with Gasteiger partial charge in [0.25, 0.3) is 0 Å². The van der Waals surface area contributed by atoms with Crippen molar-refractivity contribution in [3.63, 3.8) is 0 Å². The van der Waals surface area contributed by atoms with Crippen LogP contribution in [0.25, 0.3) is 0 Å². The minimum Gasteiger partial charge on any atom is -0.378 e. The molecule has 16 heavy (non-hydrogen) atoms. The van der Waals surface area contributed by atoms with Gasteiger partial charge < -0.3 is 10.2 Å². The molecule has 2 aliphatic rings. The van der Waals surface area contributed by atoms with Crippen LogP contribution in [-0.2, 0) is 0 Å².